The van der Waals surface area contributed by atoms with E-state index in [9.17, 15) is 4.79 Å². The van der Waals surface area contributed by atoms with Crippen LogP contribution >= 0.6 is 0 Å². The summed E-state index contributed by atoms with van der Waals surface area (Å²) >= 11 is 0. The number of ether oxygens (including phenoxy) is 1. The van der Waals surface area contributed by atoms with Gasteiger partial charge in [0.25, 0.3) is 5.97 Å². The van der Waals surface area contributed by atoms with Crippen LogP contribution in [0.5, 0.6) is 0 Å². The van der Waals surface area contributed by atoms with Crippen molar-refractivity contribution in [3.05, 3.63) is 0 Å². The summed E-state index contributed by atoms with van der Waals surface area (Å²) in [7, 11) is 0. The van der Waals surface area contributed by atoms with Gasteiger partial charge in [0, 0.05) is 13.5 Å². The van der Waals surface area contributed by atoms with Gasteiger partial charge < -0.3 is 14.9 Å². The first-order valence-corrected chi connectivity index (χ1v) is 3.45. The van der Waals surface area contributed by atoms with Crippen LogP contribution in [0.4, 0.5) is 0 Å². The van der Waals surface area contributed by atoms with Gasteiger partial charge in [0.1, 0.15) is 0 Å². The molecule has 0 aliphatic rings. The molecule has 5 nitrogen and oxygen atoms in total. The Hall–Kier alpha value is -1.10. The lowest BCUT2D eigenvalue weighted by molar-refractivity contribution is -0.148. The Morgan fingerprint density at radius 1 is 1.42 bits per heavy atom. The second-order valence-corrected chi connectivity index (χ2v) is 1.95. The van der Waals surface area contributed by atoms with Gasteiger partial charge in [0.15, 0.2) is 6.10 Å². The summed E-state index contributed by atoms with van der Waals surface area (Å²) in [6.45, 7) is 4.80. The lowest BCUT2D eigenvalue weighted by Gasteiger charge is -2.03. The summed E-state index contributed by atoms with van der Waals surface area (Å²) in [5.41, 5.74) is 0. The summed E-state index contributed by atoms with van der Waals surface area (Å²) in [6.07, 6.45) is -0.667. The quantitative estimate of drug-likeness (QED) is 0.660. The summed E-state index contributed by atoms with van der Waals surface area (Å²) in [4.78, 5) is 19.0. The number of carboxylic acid groups (broad SMARTS) is 2. The highest BCUT2D eigenvalue weighted by molar-refractivity contribution is 5.71. The van der Waals surface area contributed by atoms with E-state index >= 15 is 0 Å². The highest BCUT2D eigenvalue weighted by atomic mass is 16.5. The number of hydrogen-bond acceptors (Lipinski definition) is 3. The molecule has 0 saturated heterocycles. The average molecular weight is 178 g/mol. The van der Waals surface area contributed by atoms with Crippen LogP contribution in [0.2, 0.25) is 0 Å². The van der Waals surface area contributed by atoms with Gasteiger partial charge in [-0.05, 0) is 13.8 Å². The number of aliphatic carboxylic acids is 2. The van der Waals surface area contributed by atoms with E-state index in [1.165, 1.54) is 6.92 Å². The Morgan fingerprint density at radius 2 is 1.75 bits per heavy atom. The lowest BCUT2D eigenvalue weighted by Crippen LogP contribution is -2.19. The predicted molar refractivity (Wildman–Crippen MR) is 42.0 cm³/mol. The molecule has 0 bridgehead atoms. The van der Waals surface area contributed by atoms with Gasteiger partial charge in [-0.3, -0.25) is 4.79 Å². The van der Waals surface area contributed by atoms with Crippen LogP contribution < -0.4 is 0 Å². The van der Waals surface area contributed by atoms with Crippen LogP contribution in [-0.4, -0.2) is 34.9 Å². The zero-order valence-corrected chi connectivity index (χ0v) is 7.40. The minimum atomic E-state index is -0.910. The molecule has 0 rings (SSSR count). The topological polar surface area (TPSA) is 83.8 Å². The number of carbonyl (C=O) groups is 2. The number of rotatable bonds is 3. The van der Waals surface area contributed by atoms with Gasteiger partial charge in [-0.15, -0.1) is 0 Å². The molecule has 1 unspecified atom stereocenters. The Labute approximate surface area is 71.0 Å². The fourth-order valence-corrected chi connectivity index (χ4v) is 0.321. The smallest absolute Gasteiger partial charge is 0.332 e. The highest BCUT2D eigenvalue weighted by Gasteiger charge is 2.07. The first-order valence-electron chi connectivity index (χ1n) is 3.45. The molecule has 0 aromatic carbocycles. The van der Waals surface area contributed by atoms with Gasteiger partial charge in [-0.2, -0.15) is 0 Å². The summed E-state index contributed by atoms with van der Waals surface area (Å²) in [5.74, 6) is -1.74. The first-order chi connectivity index (χ1) is 5.41. The number of hydrogen-bond donors (Lipinski definition) is 2. The van der Waals surface area contributed by atoms with Gasteiger partial charge in [0.2, 0.25) is 0 Å². The van der Waals surface area contributed by atoms with Crippen LogP contribution in [0.15, 0.2) is 0 Å². The zero-order chi connectivity index (χ0) is 10.1. The van der Waals surface area contributed by atoms with Crippen LogP contribution in [0.25, 0.3) is 0 Å². The maximum absolute atomic E-state index is 9.96. The van der Waals surface area contributed by atoms with Crippen LogP contribution in [0.3, 0.4) is 0 Å². The fourth-order valence-electron chi connectivity index (χ4n) is 0.321. The van der Waals surface area contributed by atoms with Crippen molar-refractivity contribution in [3.63, 3.8) is 0 Å². The second kappa shape index (κ2) is 8.00. The Balaban J connectivity index is 0. The molecule has 0 aliphatic carbocycles. The van der Waals surface area contributed by atoms with Gasteiger partial charge in [-0.25, -0.2) is 4.79 Å². The van der Waals surface area contributed by atoms with Crippen molar-refractivity contribution in [3.8, 4) is 0 Å². The molecule has 72 valence electrons. The zero-order valence-electron chi connectivity index (χ0n) is 7.40. The fraction of sp³-hybridized carbons (Fsp3) is 0.714. The van der Waals surface area contributed by atoms with Crippen molar-refractivity contribution in [2.24, 2.45) is 0 Å². The van der Waals surface area contributed by atoms with Crippen molar-refractivity contribution in [1.82, 2.24) is 0 Å². The molecule has 0 fully saturated rings. The third-order valence-electron chi connectivity index (χ3n) is 0.764. The third-order valence-corrected chi connectivity index (χ3v) is 0.764. The van der Waals surface area contributed by atoms with Crippen LogP contribution in [-0.2, 0) is 14.3 Å². The molecule has 2 N–H and O–H groups in total. The Morgan fingerprint density at radius 3 is 1.83 bits per heavy atom. The van der Waals surface area contributed by atoms with Crippen LogP contribution in [0, 0.1) is 0 Å². The maximum atomic E-state index is 9.96. The van der Waals surface area contributed by atoms with E-state index in [4.69, 9.17) is 19.7 Å². The predicted octanol–water partition coefficient (Wildman–Crippen LogP) is 0.587. The molecule has 0 amide bonds. The summed E-state index contributed by atoms with van der Waals surface area (Å²) in [6, 6.07) is 0. The summed E-state index contributed by atoms with van der Waals surface area (Å²) in [5, 5.41) is 15.6. The van der Waals surface area contributed by atoms with E-state index in [0.29, 0.717) is 6.61 Å². The molecule has 1 atom stereocenters. The molecule has 12 heavy (non-hydrogen) atoms. The molecular formula is C7H14O5. The Kier molecular flexibility index (Phi) is 8.99. The normalized spacial score (nSPS) is 10.9. The molecule has 0 spiro atoms. The highest BCUT2D eigenvalue weighted by Crippen LogP contribution is 1.87. The van der Waals surface area contributed by atoms with Crippen molar-refractivity contribution >= 4 is 11.9 Å². The van der Waals surface area contributed by atoms with E-state index in [1.807, 2.05) is 0 Å². The van der Waals surface area contributed by atoms with Crippen molar-refractivity contribution < 1.29 is 24.5 Å². The SMILES string of the molecule is CC(=O)O.CCOC(C)C(=O)O. The minimum Gasteiger partial charge on any atom is -0.481 e. The lowest BCUT2D eigenvalue weighted by atomic mass is 10.4. The molecule has 0 saturated carbocycles. The maximum Gasteiger partial charge on any atom is 0.332 e. The van der Waals surface area contributed by atoms with E-state index in [1.54, 1.807) is 6.92 Å². The molecule has 0 aromatic heterocycles. The van der Waals surface area contributed by atoms with Crippen LogP contribution in [0.1, 0.15) is 20.8 Å². The monoisotopic (exact) mass is 178 g/mol. The molecule has 0 heterocycles. The van der Waals surface area contributed by atoms with Gasteiger partial charge in [0.05, 0.1) is 0 Å². The van der Waals surface area contributed by atoms with Crippen molar-refractivity contribution in [2.75, 3.05) is 6.61 Å². The molecular weight excluding hydrogens is 164 g/mol. The third kappa shape index (κ3) is 16.0. The molecule has 5 heteroatoms. The molecule has 0 radical (unpaired) electrons. The van der Waals surface area contributed by atoms with E-state index in [-0.39, 0.29) is 0 Å². The minimum absolute atomic E-state index is 0.452. The first kappa shape index (κ1) is 13.5. The molecule has 0 aliphatic heterocycles. The second-order valence-electron chi connectivity index (χ2n) is 1.95. The summed E-state index contributed by atoms with van der Waals surface area (Å²) < 4.78 is 4.70. The van der Waals surface area contributed by atoms with Crippen molar-refractivity contribution in [2.45, 2.75) is 26.9 Å². The standard InChI is InChI=1S/C5H10O3.C2H4O2/c1-3-8-4(2)5(6)7;1-2(3)4/h4H,3H2,1-2H3,(H,6,7);1H3,(H,3,4). The number of carboxylic acids is 2. The van der Waals surface area contributed by atoms with Crippen molar-refractivity contribution in [1.29, 1.82) is 0 Å². The average Bonchev–Trinajstić information content (AvgIpc) is 1.86. The van der Waals surface area contributed by atoms with Gasteiger partial charge in [-0.1, -0.05) is 0 Å². The van der Waals surface area contributed by atoms with E-state index in [0.717, 1.165) is 6.92 Å². The Bertz CT molecular complexity index is 139. The largest absolute Gasteiger partial charge is 0.481 e. The van der Waals surface area contributed by atoms with E-state index < -0.39 is 18.0 Å². The van der Waals surface area contributed by atoms with Gasteiger partial charge >= 0.3 is 5.97 Å². The van der Waals surface area contributed by atoms with E-state index in [2.05, 4.69) is 0 Å². The molecule has 0 aromatic rings.